The van der Waals surface area contributed by atoms with Gasteiger partial charge in [0.2, 0.25) is 0 Å². The van der Waals surface area contributed by atoms with Gasteiger partial charge in [0.25, 0.3) is 5.91 Å². The molecule has 0 aliphatic rings. The van der Waals surface area contributed by atoms with Gasteiger partial charge >= 0.3 is 0 Å². The van der Waals surface area contributed by atoms with E-state index in [1.54, 1.807) is 54.9 Å². The summed E-state index contributed by atoms with van der Waals surface area (Å²) in [6, 6.07) is 10.9. The van der Waals surface area contributed by atoms with E-state index in [0.29, 0.717) is 30.2 Å². The highest BCUT2D eigenvalue weighted by atomic mass is 32.1. The summed E-state index contributed by atoms with van der Waals surface area (Å²) in [7, 11) is 3.13. The largest absolute Gasteiger partial charge is 0.497 e. The molecule has 25 heavy (non-hydrogen) atoms. The van der Waals surface area contributed by atoms with Crippen LogP contribution in [0.25, 0.3) is 0 Å². The maximum absolute atomic E-state index is 13.1. The summed E-state index contributed by atoms with van der Waals surface area (Å²) < 4.78 is 16.0. The van der Waals surface area contributed by atoms with Gasteiger partial charge in [-0.2, -0.15) is 11.3 Å². The highest BCUT2D eigenvalue weighted by Crippen LogP contribution is 2.25. The molecule has 0 aliphatic carbocycles. The van der Waals surface area contributed by atoms with E-state index >= 15 is 0 Å². The fourth-order valence-electron chi connectivity index (χ4n) is 2.51. The number of furan rings is 1. The Labute approximate surface area is 150 Å². The van der Waals surface area contributed by atoms with E-state index in [1.807, 2.05) is 29.0 Å². The Morgan fingerprint density at radius 2 is 1.88 bits per heavy atom. The number of ether oxygens (including phenoxy) is 2. The van der Waals surface area contributed by atoms with Gasteiger partial charge in [-0.25, -0.2) is 0 Å². The quantitative estimate of drug-likeness (QED) is 0.636. The standard InChI is InChI=1S/C19H19NO4S/c1-22-17-8-15(9-18(10-17)23-2)19(21)20(11-14-5-7-25-13-14)12-16-4-3-6-24-16/h3-10,13H,11-12H2,1-2H3. The van der Waals surface area contributed by atoms with Crippen LogP contribution in [0.2, 0.25) is 0 Å². The van der Waals surface area contributed by atoms with Crippen molar-refractivity contribution in [2.75, 3.05) is 14.2 Å². The van der Waals surface area contributed by atoms with E-state index in [0.717, 1.165) is 11.3 Å². The van der Waals surface area contributed by atoms with Gasteiger partial charge < -0.3 is 18.8 Å². The Kier molecular flexibility index (Phi) is 5.40. The minimum Gasteiger partial charge on any atom is -0.497 e. The Hall–Kier alpha value is -2.73. The minimum atomic E-state index is -0.111. The highest BCUT2D eigenvalue weighted by Gasteiger charge is 2.19. The second-order valence-electron chi connectivity index (χ2n) is 5.47. The lowest BCUT2D eigenvalue weighted by Gasteiger charge is -2.22. The Morgan fingerprint density at radius 1 is 1.12 bits per heavy atom. The van der Waals surface area contributed by atoms with Gasteiger partial charge in [-0.1, -0.05) is 0 Å². The molecule has 3 aromatic rings. The molecule has 1 aromatic carbocycles. The molecule has 6 heteroatoms. The van der Waals surface area contributed by atoms with Crippen LogP contribution in [0.3, 0.4) is 0 Å². The zero-order chi connectivity index (χ0) is 17.6. The Balaban J connectivity index is 1.90. The fourth-order valence-corrected chi connectivity index (χ4v) is 3.17. The van der Waals surface area contributed by atoms with Gasteiger partial charge in [-0.05, 0) is 46.7 Å². The van der Waals surface area contributed by atoms with Crippen LogP contribution >= 0.6 is 11.3 Å². The van der Waals surface area contributed by atoms with Crippen LogP contribution in [0.5, 0.6) is 11.5 Å². The number of benzene rings is 1. The molecule has 0 N–H and O–H groups in total. The third kappa shape index (κ3) is 4.22. The third-order valence-corrected chi connectivity index (χ3v) is 4.50. The zero-order valence-electron chi connectivity index (χ0n) is 14.1. The average molecular weight is 357 g/mol. The Morgan fingerprint density at radius 3 is 2.44 bits per heavy atom. The third-order valence-electron chi connectivity index (χ3n) is 3.77. The molecule has 130 valence electrons. The van der Waals surface area contributed by atoms with Gasteiger partial charge in [-0.15, -0.1) is 0 Å². The first-order valence-corrected chi connectivity index (χ1v) is 8.69. The maximum atomic E-state index is 13.1. The predicted molar refractivity (Wildman–Crippen MR) is 96.2 cm³/mol. The van der Waals surface area contributed by atoms with E-state index in [9.17, 15) is 4.79 Å². The van der Waals surface area contributed by atoms with Gasteiger partial charge in [0.15, 0.2) is 0 Å². The van der Waals surface area contributed by atoms with Crippen LogP contribution in [0.4, 0.5) is 0 Å². The maximum Gasteiger partial charge on any atom is 0.254 e. The molecule has 0 unspecified atom stereocenters. The molecule has 0 saturated heterocycles. The van der Waals surface area contributed by atoms with Crippen molar-refractivity contribution < 1.29 is 18.7 Å². The van der Waals surface area contributed by atoms with Crippen LogP contribution in [-0.4, -0.2) is 25.0 Å². The number of rotatable bonds is 7. The van der Waals surface area contributed by atoms with Crippen LogP contribution in [0.1, 0.15) is 21.7 Å². The molecule has 5 nitrogen and oxygen atoms in total. The number of hydrogen-bond donors (Lipinski definition) is 0. The van der Waals surface area contributed by atoms with E-state index in [4.69, 9.17) is 13.9 Å². The first-order valence-electron chi connectivity index (χ1n) is 7.75. The van der Waals surface area contributed by atoms with Gasteiger partial charge in [0, 0.05) is 18.2 Å². The lowest BCUT2D eigenvalue weighted by molar-refractivity contribution is 0.0717. The molecule has 2 aromatic heterocycles. The van der Waals surface area contributed by atoms with Crippen LogP contribution in [0, 0.1) is 0 Å². The van der Waals surface area contributed by atoms with Crippen molar-refractivity contribution in [3.8, 4) is 11.5 Å². The second-order valence-corrected chi connectivity index (χ2v) is 6.25. The van der Waals surface area contributed by atoms with Gasteiger partial charge in [-0.3, -0.25) is 4.79 Å². The van der Waals surface area contributed by atoms with Crippen molar-refractivity contribution in [3.05, 3.63) is 70.3 Å². The summed E-state index contributed by atoms with van der Waals surface area (Å²) in [6.07, 6.45) is 1.61. The number of carbonyl (C=O) groups is 1. The monoisotopic (exact) mass is 357 g/mol. The molecule has 0 bridgehead atoms. The van der Waals surface area contributed by atoms with Crippen LogP contribution in [-0.2, 0) is 13.1 Å². The van der Waals surface area contributed by atoms with E-state index in [-0.39, 0.29) is 5.91 Å². The molecule has 0 spiro atoms. The van der Waals surface area contributed by atoms with Gasteiger partial charge in [0.1, 0.15) is 17.3 Å². The molecule has 0 saturated carbocycles. The summed E-state index contributed by atoms with van der Waals surface area (Å²) >= 11 is 1.61. The first-order chi connectivity index (χ1) is 12.2. The number of methoxy groups -OCH3 is 2. The minimum absolute atomic E-state index is 0.111. The fraction of sp³-hybridized carbons (Fsp3) is 0.211. The number of carbonyl (C=O) groups excluding carboxylic acids is 1. The number of nitrogens with zero attached hydrogens (tertiary/aromatic N) is 1. The number of hydrogen-bond acceptors (Lipinski definition) is 5. The van der Waals surface area contributed by atoms with Crippen molar-refractivity contribution in [3.63, 3.8) is 0 Å². The molecule has 2 heterocycles. The zero-order valence-corrected chi connectivity index (χ0v) is 14.9. The van der Waals surface area contributed by atoms with Crippen molar-refractivity contribution in [1.29, 1.82) is 0 Å². The van der Waals surface area contributed by atoms with Crippen LogP contribution < -0.4 is 9.47 Å². The van der Waals surface area contributed by atoms with Crippen LogP contribution in [0.15, 0.2) is 57.8 Å². The predicted octanol–water partition coefficient (Wildman–Crippen LogP) is 4.20. The lowest BCUT2D eigenvalue weighted by atomic mass is 10.1. The SMILES string of the molecule is COc1cc(OC)cc(C(=O)N(Cc2ccsc2)Cc2ccco2)c1. The van der Waals surface area contributed by atoms with Crippen molar-refractivity contribution in [2.45, 2.75) is 13.1 Å². The topological polar surface area (TPSA) is 51.9 Å². The molecule has 0 radical (unpaired) electrons. The van der Waals surface area contributed by atoms with Crippen molar-refractivity contribution in [2.24, 2.45) is 0 Å². The van der Waals surface area contributed by atoms with E-state index in [2.05, 4.69) is 0 Å². The normalized spacial score (nSPS) is 10.5. The smallest absolute Gasteiger partial charge is 0.254 e. The lowest BCUT2D eigenvalue weighted by Crippen LogP contribution is -2.29. The van der Waals surface area contributed by atoms with Gasteiger partial charge in [0.05, 0.1) is 27.0 Å². The second kappa shape index (κ2) is 7.90. The molecular weight excluding hydrogens is 338 g/mol. The summed E-state index contributed by atoms with van der Waals surface area (Å²) in [4.78, 5) is 14.9. The van der Waals surface area contributed by atoms with Crippen molar-refractivity contribution in [1.82, 2.24) is 4.90 Å². The van der Waals surface area contributed by atoms with E-state index in [1.165, 1.54) is 0 Å². The summed E-state index contributed by atoms with van der Waals surface area (Å²) in [5, 5.41) is 4.04. The van der Waals surface area contributed by atoms with Crippen molar-refractivity contribution >= 4 is 17.2 Å². The summed E-state index contributed by atoms with van der Waals surface area (Å²) in [6.45, 7) is 0.893. The number of amides is 1. The molecule has 3 rings (SSSR count). The Bertz CT molecular complexity index is 754. The first kappa shape index (κ1) is 17.1. The molecule has 1 amide bonds. The molecule has 0 fully saturated rings. The van der Waals surface area contributed by atoms with E-state index < -0.39 is 0 Å². The molecule has 0 atom stereocenters. The summed E-state index contributed by atoms with van der Waals surface area (Å²) in [5.74, 6) is 1.78. The highest BCUT2D eigenvalue weighted by molar-refractivity contribution is 7.07. The summed E-state index contributed by atoms with van der Waals surface area (Å²) in [5.41, 5.74) is 1.60. The average Bonchev–Trinajstić information content (AvgIpc) is 3.34. The molecule has 0 aliphatic heterocycles. The number of thiophene rings is 1. The molecular formula is C19H19NO4S.